The average molecular weight is 182 g/mol. The molecule has 0 aromatic rings. The Morgan fingerprint density at radius 3 is 2.38 bits per heavy atom. The normalized spacial score (nSPS) is 22.0. The van der Waals surface area contributed by atoms with Gasteiger partial charge in [-0.3, -0.25) is 4.99 Å². The second-order valence-corrected chi connectivity index (χ2v) is 5.07. The summed E-state index contributed by atoms with van der Waals surface area (Å²) in [6.07, 6.45) is 2.43. The highest BCUT2D eigenvalue weighted by molar-refractivity contribution is 5.84. The maximum absolute atomic E-state index is 4.67. The molecule has 0 aliphatic carbocycles. The van der Waals surface area contributed by atoms with Crippen molar-refractivity contribution in [2.75, 3.05) is 6.54 Å². The van der Waals surface area contributed by atoms with Crippen LogP contribution in [0.3, 0.4) is 0 Å². The van der Waals surface area contributed by atoms with E-state index in [0.29, 0.717) is 6.04 Å². The van der Waals surface area contributed by atoms with Crippen molar-refractivity contribution in [2.24, 2.45) is 4.99 Å². The van der Waals surface area contributed by atoms with Gasteiger partial charge >= 0.3 is 0 Å². The molecular formula is C11H22N2. The topological polar surface area (TPSA) is 15.6 Å². The first-order valence-corrected chi connectivity index (χ1v) is 5.25. The van der Waals surface area contributed by atoms with Crippen LogP contribution in [0.2, 0.25) is 0 Å². The van der Waals surface area contributed by atoms with Gasteiger partial charge in [0.15, 0.2) is 0 Å². The first-order chi connectivity index (χ1) is 5.91. The lowest BCUT2D eigenvalue weighted by Gasteiger charge is -2.34. The summed E-state index contributed by atoms with van der Waals surface area (Å²) < 4.78 is 0. The van der Waals surface area contributed by atoms with Gasteiger partial charge in [0, 0.05) is 24.5 Å². The van der Waals surface area contributed by atoms with Crippen LogP contribution in [0, 0.1) is 0 Å². The van der Waals surface area contributed by atoms with Crippen LogP contribution in [0.25, 0.3) is 0 Å². The summed E-state index contributed by atoms with van der Waals surface area (Å²) in [4.78, 5) is 7.10. The van der Waals surface area contributed by atoms with Crippen LogP contribution < -0.4 is 0 Å². The molecule has 1 fully saturated rings. The lowest BCUT2D eigenvalue weighted by molar-refractivity contribution is 0.254. The third-order valence-corrected chi connectivity index (χ3v) is 2.31. The zero-order chi connectivity index (χ0) is 10.1. The van der Waals surface area contributed by atoms with E-state index >= 15 is 0 Å². The number of hydrogen-bond donors (Lipinski definition) is 0. The highest BCUT2D eigenvalue weighted by Crippen LogP contribution is 2.22. The minimum atomic E-state index is 0.240. The van der Waals surface area contributed by atoms with Crippen LogP contribution in [0.4, 0.5) is 0 Å². The van der Waals surface area contributed by atoms with E-state index in [4.69, 9.17) is 0 Å². The van der Waals surface area contributed by atoms with E-state index in [1.54, 1.807) is 0 Å². The Labute approximate surface area is 82.0 Å². The monoisotopic (exact) mass is 182 g/mol. The minimum Gasteiger partial charge on any atom is -0.356 e. The summed E-state index contributed by atoms with van der Waals surface area (Å²) in [5, 5.41) is 0. The standard InChI is InChI=1S/C11H22N2/c1-9(2)12-10-7-6-8-13(10)11(3,4)5/h9H,6-8H2,1-5H3/b12-10+. The van der Waals surface area contributed by atoms with Gasteiger partial charge < -0.3 is 4.90 Å². The summed E-state index contributed by atoms with van der Waals surface area (Å²) >= 11 is 0. The zero-order valence-electron chi connectivity index (χ0n) is 9.59. The van der Waals surface area contributed by atoms with E-state index in [2.05, 4.69) is 44.5 Å². The molecule has 2 nitrogen and oxygen atoms in total. The van der Waals surface area contributed by atoms with E-state index in [1.165, 1.54) is 18.8 Å². The quantitative estimate of drug-likeness (QED) is 0.609. The van der Waals surface area contributed by atoms with Crippen molar-refractivity contribution < 1.29 is 0 Å². The smallest absolute Gasteiger partial charge is 0.0997 e. The molecule has 0 spiro atoms. The molecule has 1 aliphatic heterocycles. The average Bonchev–Trinajstić information content (AvgIpc) is 2.31. The molecule has 0 aromatic carbocycles. The Morgan fingerprint density at radius 2 is 1.92 bits per heavy atom. The molecule has 1 saturated heterocycles. The minimum absolute atomic E-state index is 0.240. The first-order valence-electron chi connectivity index (χ1n) is 5.25. The fraction of sp³-hybridized carbons (Fsp3) is 0.909. The molecule has 76 valence electrons. The van der Waals surface area contributed by atoms with Gasteiger partial charge in [0.1, 0.15) is 0 Å². The summed E-state index contributed by atoms with van der Waals surface area (Å²) in [6.45, 7) is 12.2. The van der Waals surface area contributed by atoms with Crippen LogP contribution in [-0.2, 0) is 0 Å². The molecule has 1 aliphatic rings. The van der Waals surface area contributed by atoms with Crippen molar-refractivity contribution in [3.05, 3.63) is 0 Å². The lowest BCUT2D eigenvalue weighted by Crippen LogP contribution is -2.42. The molecular weight excluding hydrogens is 160 g/mol. The highest BCUT2D eigenvalue weighted by Gasteiger charge is 2.28. The Bertz CT molecular complexity index is 199. The van der Waals surface area contributed by atoms with E-state index in [0.717, 1.165) is 6.42 Å². The van der Waals surface area contributed by atoms with Crippen LogP contribution in [0.5, 0.6) is 0 Å². The molecule has 0 atom stereocenters. The molecule has 0 saturated carbocycles. The first kappa shape index (κ1) is 10.6. The highest BCUT2D eigenvalue weighted by atomic mass is 15.3. The van der Waals surface area contributed by atoms with Gasteiger partial charge in [-0.1, -0.05) is 0 Å². The second-order valence-electron chi connectivity index (χ2n) is 5.07. The van der Waals surface area contributed by atoms with Crippen molar-refractivity contribution in [3.8, 4) is 0 Å². The molecule has 0 unspecified atom stereocenters. The van der Waals surface area contributed by atoms with E-state index in [-0.39, 0.29) is 5.54 Å². The second kappa shape index (κ2) is 3.69. The number of hydrogen-bond acceptors (Lipinski definition) is 1. The van der Waals surface area contributed by atoms with Crippen LogP contribution >= 0.6 is 0 Å². The molecule has 0 radical (unpaired) electrons. The lowest BCUT2D eigenvalue weighted by atomic mass is 10.1. The van der Waals surface area contributed by atoms with Gasteiger partial charge in [-0.2, -0.15) is 0 Å². The summed E-state index contributed by atoms with van der Waals surface area (Å²) in [7, 11) is 0. The molecule has 1 rings (SSSR count). The van der Waals surface area contributed by atoms with Crippen molar-refractivity contribution in [3.63, 3.8) is 0 Å². The Kier molecular flexibility index (Phi) is 2.99. The van der Waals surface area contributed by atoms with E-state index in [9.17, 15) is 0 Å². The van der Waals surface area contributed by atoms with E-state index < -0.39 is 0 Å². The largest absolute Gasteiger partial charge is 0.356 e. The third kappa shape index (κ3) is 2.71. The van der Waals surface area contributed by atoms with Gasteiger partial charge in [0.25, 0.3) is 0 Å². The van der Waals surface area contributed by atoms with Crippen LogP contribution in [-0.4, -0.2) is 28.9 Å². The Hall–Kier alpha value is -0.530. The molecule has 0 bridgehead atoms. The molecule has 13 heavy (non-hydrogen) atoms. The van der Waals surface area contributed by atoms with E-state index in [1.807, 2.05) is 0 Å². The van der Waals surface area contributed by atoms with Crippen molar-refractivity contribution in [1.82, 2.24) is 4.90 Å². The fourth-order valence-corrected chi connectivity index (χ4v) is 1.81. The maximum Gasteiger partial charge on any atom is 0.0997 e. The molecule has 0 N–H and O–H groups in total. The number of aliphatic imine (C=N–C) groups is 1. The summed E-state index contributed by atoms with van der Waals surface area (Å²) in [6, 6.07) is 0.429. The van der Waals surface area contributed by atoms with Gasteiger partial charge in [-0.25, -0.2) is 0 Å². The molecule has 0 amide bonds. The predicted molar refractivity (Wildman–Crippen MR) is 58.3 cm³/mol. The number of rotatable bonds is 1. The van der Waals surface area contributed by atoms with Crippen molar-refractivity contribution in [1.29, 1.82) is 0 Å². The van der Waals surface area contributed by atoms with Gasteiger partial charge in [-0.15, -0.1) is 0 Å². The fourth-order valence-electron chi connectivity index (χ4n) is 1.81. The third-order valence-electron chi connectivity index (χ3n) is 2.31. The molecule has 0 aromatic heterocycles. The Balaban J connectivity index is 2.75. The predicted octanol–water partition coefficient (Wildman–Crippen LogP) is 2.69. The van der Waals surface area contributed by atoms with Gasteiger partial charge in [0.05, 0.1) is 5.84 Å². The SMILES string of the molecule is CC(C)/N=C1\CCCN1C(C)(C)C. The molecule has 1 heterocycles. The van der Waals surface area contributed by atoms with Gasteiger partial charge in [0.2, 0.25) is 0 Å². The Morgan fingerprint density at radius 1 is 1.31 bits per heavy atom. The summed E-state index contributed by atoms with van der Waals surface area (Å²) in [5.41, 5.74) is 0.240. The van der Waals surface area contributed by atoms with Crippen LogP contribution in [0.1, 0.15) is 47.5 Å². The molecule has 2 heteroatoms. The maximum atomic E-state index is 4.67. The van der Waals surface area contributed by atoms with Crippen molar-refractivity contribution in [2.45, 2.75) is 59.0 Å². The number of amidine groups is 1. The summed E-state index contributed by atoms with van der Waals surface area (Å²) in [5.74, 6) is 1.31. The number of likely N-dealkylation sites (tertiary alicyclic amines) is 1. The van der Waals surface area contributed by atoms with Crippen molar-refractivity contribution >= 4 is 5.84 Å². The zero-order valence-corrected chi connectivity index (χ0v) is 9.59. The number of nitrogens with zero attached hydrogens (tertiary/aromatic N) is 2. The van der Waals surface area contributed by atoms with Gasteiger partial charge in [-0.05, 0) is 41.0 Å². The van der Waals surface area contributed by atoms with Crippen LogP contribution in [0.15, 0.2) is 4.99 Å².